The molecule has 0 spiro atoms. The van der Waals surface area contributed by atoms with Crippen LogP contribution in [0.3, 0.4) is 0 Å². The van der Waals surface area contributed by atoms with Gasteiger partial charge in [0.05, 0.1) is 5.92 Å². The fourth-order valence-electron chi connectivity index (χ4n) is 3.80. The van der Waals surface area contributed by atoms with E-state index in [4.69, 9.17) is 5.11 Å². The maximum absolute atomic E-state index is 11.0. The molecule has 0 bridgehead atoms. The van der Waals surface area contributed by atoms with Crippen molar-refractivity contribution >= 4 is 48.8 Å². The number of hydrogen-bond acceptors (Lipinski definition) is 1. The van der Waals surface area contributed by atoms with E-state index in [0.29, 0.717) is 5.92 Å². The Morgan fingerprint density at radius 1 is 0.857 bits per heavy atom. The van der Waals surface area contributed by atoms with Crippen molar-refractivity contribution in [3.63, 3.8) is 0 Å². The predicted octanol–water partition coefficient (Wildman–Crippen LogP) is 4.98. The van der Waals surface area contributed by atoms with Crippen LogP contribution in [0.5, 0.6) is 0 Å². The standard InChI is InChI=1S/C24H22IO2P/c25-28(20-7-3-1-4-8-20,21-9-5-2-6-10-21)22-15-12-18(13-16-22)11-14-19-17-23(19)24(26)27/h1-10,12-13,15-16,19,23H,11,14,17H2/p+1. The van der Waals surface area contributed by atoms with Gasteiger partial charge in [-0.25, -0.2) is 0 Å². The summed E-state index contributed by atoms with van der Waals surface area (Å²) in [5.41, 5.74) is 1.30. The molecular weight excluding hydrogens is 478 g/mol. The summed E-state index contributed by atoms with van der Waals surface area (Å²) in [5, 5.41) is 13.2. The molecule has 0 aromatic heterocycles. The van der Waals surface area contributed by atoms with Crippen molar-refractivity contribution in [3.05, 3.63) is 90.5 Å². The molecule has 2 atom stereocenters. The molecule has 0 amide bonds. The van der Waals surface area contributed by atoms with E-state index >= 15 is 0 Å². The van der Waals surface area contributed by atoms with E-state index in [1.807, 2.05) is 0 Å². The van der Waals surface area contributed by atoms with Crippen LogP contribution in [-0.4, -0.2) is 11.1 Å². The van der Waals surface area contributed by atoms with Crippen LogP contribution in [0.2, 0.25) is 0 Å². The number of rotatable bonds is 7. The summed E-state index contributed by atoms with van der Waals surface area (Å²) < 4.78 is 0. The molecule has 4 rings (SSSR count). The Hall–Kier alpha value is -1.71. The van der Waals surface area contributed by atoms with Gasteiger partial charge in [0, 0.05) is 0 Å². The second-order valence-electron chi connectivity index (χ2n) is 7.41. The molecule has 2 nitrogen and oxygen atoms in total. The Balaban J connectivity index is 1.58. The molecule has 1 aliphatic rings. The summed E-state index contributed by atoms with van der Waals surface area (Å²) in [4.78, 5) is 9.31. The molecule has 28 heavy (non-hydrogen) atoms. The van der Waals surface area contributed by atoms with Crippen LogP contribution in [0.25, 0.3) is 0 Å². The second kappa shape index (κ2) is 8.34. The monoisotopic (exact) mass is 501 g/mol. The average Bonchev–Trinajstić information content (AvgIpc) is 3.53. The van der Waals surface area contributed by atoms with E-state index in [9.17, 15) is 4.79 Å². The van der Waals surface area contributed by atoms with Gasteiger partial charge >= 0.3 is 5.97 Å². The minimum absolute atomic E-state index is 0.108. The van der Waals surface area contributed by atoms with E-state index in [-0.39, 0.29) is 5.92 Å². The highest BCUT2D eigenvalue weighted by Crippen LogP contribution is 2.63. The van der Waals surface area contributed by atoms with Crippen molar-refractivity contribution in [2.75, 3.05) is 0 Å². The normalized spacial score (nSPS) is 18.6. The smallest absolute Gasteiger partial charge is 0.306 e. The van der Waals surface area contributed by atoms with E-state index in [1.54, 1.807) is 0 Å². The molecule has 1 aliphatic carbocycles. The first kappa shape index (κ1) is 19.6. The molecule has 3 aromatic rings. The molecule has 0 saturated heterocycles. The van der Waals surface area contributed by atoms with Crippen LogP contribution in [-0.2, 0) is 11.2 Å². The number of carboxylic acids is 1. The van der Waals surface area contributed by atoms with Gasteiger partial charge in [0.1, 0.15) is 15.9 Å². The SMILES string of the molecule is O=C(O)C1CC1CCc1ccc([P+](I)(c2ccccc2)c2ccccc2)cc1. The zero-order chi connectivity index (χ0) is 19.6. The van der Waals surface area contributed by atoms with Gasteiger partial charge in [-0.15, -0.1) is 0 Å². The van der Waals surface area contributed by atoms with Crippen LogP contribution in [0, 0.1) is 11.8 Å². The lowest BCUT2D eigenvalue weighted by Crippen LogP contribution is -2.26. The highest BCUT2D eigenvalue weighted by molar-refractivity contribution is 14.2. The summed E-state index contributed by atoms with van der Waals surface area (Å²) in [7, 11) is 0. The molecule has 3 aromatic carbocycles. The van der Waals surface area contributed by atoms with Crippen LogP contribution in [0.1, 0.15) is 18.4 Å². The van der Waals surface area contributed by atoms with Crippen molar-refractivity contribution in [3.8, 4) is 0 Å². The minimum atomic E-state index is -1.70. The highest BCUT2D eigenvalue weighted by Gasteiger charge is 2.44. The van der Waals surface area contributed by atoms with Crippen molar-refractivity contribution in [2.45, 2.75) is 19.3 Å². The molecular formula is C24H23IO2P+. The zero-order valence-electron chi connectivity index (χ0n) is 15.5. The number of hydrogen-bond donors (Lipinski definition) is 1. The molecule has 2 unspecified atom stereocenters. The number of aliphatic carboxylic acids is 1. The van der Waals surface area contributed by atoms with Crippen molar-refractivity contribution in [2.24, 2.45) is 11.8 Å². The first-order chi connectivity index (χ1) is 13.6. The Bertz CT molecular complexity index is 902. The van der Waals surface area contributed by atoms with Crippen LogP contribution in [0.15, 0.2) is 84.9 Å². The maximum atomic E-state index is 11.0. The van der Waals surface area contributed by atoms with Gasteiger partial charge in [-0.05, 0) is 67.1 Å². The summed E-state index contributed by atoms with van der Waals surface area (Å²) >= 11 is 2.68. The number of benzene rings is 3. The highest BCUT2D eigenvalue weighted by atomic mass is 127. The van der Waals surface area contributed by atoms with E-state index < -0.39 is 10.9 Å². The molecule has 142 valence electrons. The maximum Gasteiger partial charge on any atom is 0.306 e. The number of halogens is 1. The molecule has 0 aliphatic heterocycles. The Morgan fingerprint density at radius 2 is 1.36 bits per heavy atom. The van der Waals surface area contributed by atoms with Crippen molar-refractivity contribution in [1.82, 2.24) is 0 Å². The zero-order valence-corrected chi connectivity index (χ0v) is 18.6. The van der Waals surface area contributed by atoms with E-state index in [2.05, 4.69) is 107 Å². The Morgan fingerprint density at radius 3 is 1.82 bits per heavy atom. The summed E-state index contributed by atoms with van der Waals surface area (Å²) in [6.07, 6.45) is 2.77. The third-order valence-corrected chi connectivity index (χ3v) is 13.6. The minimum Gasteiger partial charge on any atom is -0.481 e. The van der Waals surface area contributed by atoms with Gasteiger partial charge in [-0.1, -0.05) is 48.5 Å². The lowest BCUT2D eigenvalue weighted by molar-refractivity contribution is -0.138. The Kier molecular flexibility index (Phi) is 5.84. The van der Waals surface area contributed by atoms with Crippen LogP contribution in [0.4, 0.5) is 0 Å². The van der Waals surface area contributed by atoms with Gasteiger partial charge in [0.15, 0.2) is 26.9 Å². The number of aryl methyl sites for hydroxylation is 1. The number of carbonyl (C=O) groups is 1. The largest absolute Gasteiger partial charge is 0.481 e. The van der Waals surface area contributed by atoms with Crippen molar-refractivity contribution < 1.29 is 9.90 Å². The molecule has 1 fully saturated rings. The van der Waals surface area contributed by atoms with Crippen LogP contribution >= 0.6 is 26.9 Å². The fraction of sp³-hybridized carbons (Fsp3) is 0.208. The quantitative estimate of drug-likeness (QED) is 0.366. The fourth-order valence-corrected chi connectivity index (χ4v) is 9.32. The van der Waals surface area contributed by atoms with Gasteiger partial charge in [-0.3, -0.25) is 4.79 Å². The summed E-state index contributed by atoms with van der Waals surface area (Å²) in [6.45, 7) is 0. The van der Waals surface area contributed by atoms with Gasteiger partial charge < -0.3 is 5.11 Å². The first-order valence-corrected chi connectivity index (χ1v) is 14.2. The van der Waals surface area contributed by atoms with E-state index in [1.165, 1.54) is 21.5 Å². The molecule has 4 heteroatoms. The van der Waals surface area contributed by atoms with Crippen molar-refractivity contribution in [1.29, 1.82) is 0 Å². The first-order valence-electron chi connectivity index (χ1n) is 9.61. The third-order valence-electron chi connectivity index (χ3n) is 5.56. The lowest BCUT2D eigenvalue weighted by Gasteiger charge is -2.20. The van der Waals surface area contributed by atoms with E-state index in [0.717, 1.165) is 19.3 Å². The average molecular weight is 501 g/mol. The summed E-state index contributed by atoms with van der Waals surface area (Å²) in [5.74, 6) is -0.379. The topological polar surface area (TPSA) is 37.3 Å². The molecule has 0 heterocycles. The molecule has 0 radical (unpaired) electrons. The Labute approximate surface area is 179 Å². The number of carboxylic acid groups (broad SMARTS) is 1. The van der Waals surface area contributed by atoms with Gasteiger partial charge in [-0.2, -0.15) is 0 Å². The second-order valence-corrected chi connectivity index (χ2v) is 14.5. The van der Waals surface area contributed by atoms with Gasteiger partial charge in [0.25, 0.3) is 0 Å². The lowest BCUT2D eigenvalue weighted by atomic mass is 10.1. The van der Waals surface area contributed by atoms with Gasteiger partial charge in [0.2, 0.25) is 0 Å². The van der Waals surface area contributed by atoms with Crippen LogP contribution < -0.4 is 15.9 Å². The predicted molar refractivity (Wildman–Crippen MR) is 127 cm³/mol. The molecule has 1 N–H and O–H groups in total. The third kappa shape index (κ3) is 4.01. The molecule has 1 saturated carbocycles. The summed E-state index contributed by atoms with van der Waals surface area (Å²) in [6, 6.07) is 30.6.